The molecule has 0 heterocycles. The van der Waals surface area contributed by atoms with Crippen LogP contribution in [-0.4, -0.2) is 35.4 Å². The van der Waals surface area contributed by atoms with E-state index >= 15 is 0 Å². The summed E-state index contributed by atoms with van der Waals surface area (Å²) in [5.74, 6) is 2.02. The Balaban J connectivity index is 0.000000209. The number of methoxy groups -OCH3 is 1. The molecule has 0 saturated heterocycles. The van der Waals surface area contributed by atoms with Crippen LogP contribution in [0, 0.1) is 17.3 Å². The van der Waals surface area contributed by atoms with Gasteiger partial charge in [-0.1, -0.05) is 38.1 Å². The summed E-state index contributed by atoms with van der Waals surface area (Å²) in [6.45, 7) is 4.24. The van der Waals surface area contributed by atoms with E-state index in [1.165, 1.54) is 36.5 Å². The zero-order valence-corrected chi connectivity index (χ0v) is 22.0. The van der Waals surface area contributed by atoms with Gasteiger partial charge >= 0.3 is 11.9 Å². The van der Waals surface area contributed by atoms with Crippen molar-refractivity contribution in [2.24, 2.45) is 17.3 Å². The first-order valence-electron chi connectivity index (χ1n) is 13.3. The number of esters is 1. The maximum atomic E-state index is 11.8. The highest BCUT2D eigenvalue weighted by molar-refractivity contribution is 5.85. The summed E-state index contributed by atoms with van der Waals surface area (Å²) in [4.78, 5) is 22.1. The average Bonchev–Trinajstić information content (AvgIpc) is 3.23. The summed E-state index contributed by atoms with van der Waals surface area (Å²) in [7, 11) is 1.55. The van der Waals surface area contributed by atoms with Crippen LogP contribution in [0.3, 0.4) is 0 Å². The van der Waals surface area contributed by atoms with Crippen molar-refractivity contribution in [3.8, 4) is 11.5 Å². The Labute approximate surface area is 219 Å². The van der Waals surface area contributed by atoms with Gasteiger partial charge in [0, 0.05) is 23.5 Å². The number of aromatic hydroxyl groups is 1. The second-order valence-electron chi connectivity index (χ2n) is 10.7. The molecule has 0 aliphatic heterocycles. The van der Waals surface area contributed by atoms with Crippen LogP contribution in [0.15, 0.2) is 48.5 Å². The molecule has 2 N–H and O–H groups in total. The zero-order chi connectivity index (χ0) is 26.6. The number of fused-ring (bicyclic) bond motifs is 5. The molecule has 0 amide bonds. The van der Waals surface area contributed by atoms with Gasteiger partial charge in [0.2, 0.25) is 0 Å². The third kappa shape index (κ3) is 5.68. The number of carbonyl (C=O) groups excluding carboxylic acids is 1. The van der Waals surface area contributed by atoms with Crippen LogP contribution in [0.2, 0.25) is 0 Å². The molecule has 3 aliphatic rings. The van der Waals surface area contributed by atoms with E-state index in [4.69, 9.17) is 14.6 Å². The summed E-state index contributed by atoms with van der Waals surface area (Å²) in [6.07, 6.45) is 9.96. The zero-order valence-electron chi connectivity index (χ0n) is 22.0. The van der Waals surface area contributed by atoms with Crippen molar-refractivity contribution >= 4 is 18.0 Å². The fourth-order valence-corrected chi connectivity index (χ4v) is 6.92. The number of hydrogen-bond donors (Lipinski definition) is 2. The summed E-state index contributed by atoms with van der Waals surface area (Å²) in [5, 5.41) is 18.2. The number of ether oxygens (including phenoxy) is 2. The number of hydrogen-bond acceptors (Lipinski definition) is 5. The van der Waals surface area contributed by atoms with Gasteiger partial charge in [-0.15, -0.1) is 0 Å². The molecule has 2 aromatic rings. The van der Waals surface area contributed by atoms with E-state index in [2.05, 4.69) is 13.0 Å². The van der Waals surface area contributed by atoms with Crippen molar-refractivity contribution in [1.29, 1.82) is 0 Å². The van der Waals surface area contributed by atoms with Gasteiger partial charge in [-0.2, -0.15) is 0 Å². The number of para-hydroxylation sites is 1. The lowest BCUT2D eigenvalue weighted by atomic mass is 9.55. The van der Waals surface area contributed by atoms with Gasteiger partial charge in [-0.25, -0.2) is 4.79 Å². The first-order chi connectivity index (χ1) is 17.8. The first-order valence-corrected chi connectivity index (χ1v) is 13.3. The normalized spacial score (nSPS) is 27.8. The van der Waals surface area contributed by atoms with Crippen molar-refractivity contribution in [3.63, 3.8) is 0 Å². The number of phenols is 1. The average molecular weight is 507 g/mol. The molecular formula is C31H38O6. The third-order valence-corrected chi connectivity index (χ3v) is 8.73. The van der Waals surface area contributed by atoms with Gasteiger partial charge in [0.25, 0.3) is 0 Å². The molecule has 6 nitrogen and oxygen atoms in total. The third-order valence-electron chi connectivity index (χ3n) is 8.73. The van der Waals surface area contributed by atoms with Crippen molar-refractivity contribution < 1.29 is 29.3 Å². The lowest BCUT2D eigenvalue weighted by Crippen LogP contribution is -2.45. The van der Waals surface area contributed by atoms with Crippen LogP contribution in [0.5, 0.6) is 11.5 Å². The molecule has 2 aromatic carbocycles. The van der Waals surface area contributed by atoms with Crippen molar-refractivity contribution in [1.82, 2.24) is 0 Å². The van der Waals surface area contributed by atoms with E-state index in [1.807, 2.05) is 31.2 Å². The van der Waals surface area contributed by atoms with Gasteiger partial charge in [0.1, 0.15) is 17.6 Å². The van der Waals surface area contributed by atoms with Crippen molar-refractivity contribution in [2.45, 2.75) is 70.8 Å². The number of rotatable bonds is 5. The Hall–Kier alpha value is -3.28. The summed E-state index contributed by atoms with van der Waals surface area (Å²) in [5.41, 5.74) is 3.71. The van der Waals surface area contributed by atoms with E-state index in [0.717, 1.165) is 30.9 Å². The number of aliphatic carboxylic acids is 1. The Morgan fingerprint density at radius 1 is 1.11 bits per heavy atom. The molecule has 0 aromatic heterocycles. The molecular weight excluding hydrogens is 468 g/mol. The van der Waals surface area contributed by atoms with Crippen molar-refractivity contribution in [3.05, 3.63) is 65.2 Å². The molecule has 5 rings (SSSR count). The van der Waals surface area contributed by atoms with Gasteiger partial charge in [-0.3, -0.25) is 4.79 Å². The lowest BCUT2D eigenvalue weighted by molar-refractivity contribution is -0.157. The van der Waals surface area contributed by atoms with Crippen LogP contribution in [0.25, 0.3) is 6.08 Å². The lowest BCUT2D eigenvalue weighted by Gasteiger charge is -2.50. The first kappa shape index (κ1) is 26.8. The van der Waals surface area contributed by atoms with Crippen LogP contribution in [-0.2, 0) is 20.7 Å². The summed E-state index contributed by atoms with van der Waals surface area (Å²) in [6, 6.07) is 13.2. The van der Waals surface area contributed by atoms with E-state index < -0.39 is 5.97 Å². The fraction of sp³-hybridized carbons (Fsp3) is 0.484. The highest BCUT2D eigenvalue weighted by Crippen LogP contribution is 2.61. The maximum absolute atomic E-state index is 11.8. The summed E-state index contributed by atoms with van der Waals surface area (Å²) < 4.78 is 10.9. The molecule has 0 spiro atoms. The highest BCUT2D eigenvalue weighted by Gasteiger charge is 2.56. The highest BCUT2D eigenvalue weighted by atomic mass is 16.5. The van der Waals surface area contributed by atoms with Crippen LogP contribution >= 0.6 is 0 Å². The predicted octanol–water partition coefficient (Wildman–Crippen LogP) is 6.36. The minimum atomic E-state index is -0.967. The molecule has 0 radical (unpaired) electrons. The Morgan fingerprint density at radius 2 is 1.89 bits per heavy atom. The van der Waals surface area contributed by atoms with Gasteiger partial charge in [0.05, 0.1) is 7.11 Å². The molecule has 37 heavy (non-hydrogen) atoms. The largest absolute Gasteiger partial charge is 0.508 e. The predicted molar refractivity (Wildman–Crippen MR) is 143 cm³/mol. The molecule has 5 atom stereocenters. The molecule has 198 valence electrons. The van der Waals surface area contributed by atoms with Crippen LogP contribution in [0.4, 0.5) is 0 Å². The quantitative estimate of drug-likeness (QED) is 0.362. The second-order valence-corrected chi connectivity index (χ2v) is 10.7. The minimum absolute atomic E-state index is 0.0477. The standard InChI is InChI=1S/C21H28O3.C10H10O3/c1-3-20(23)24-19-9-8-18-17-6-4-13-12-14(22)5-7-15(13)16(17)10-11-21(18,19)2;1-13-9-5-3-2-4-8(9)6-7-10(11)12/h5,7,12,16-19,22H,3-4,6,8-11H2,1-2H3;2-7H,1H3,(H,11,12). The van der Waals surface area contributed by atoms with E-state index in [0.29, 0.717) is 35.7 Å². The van der Waals surface area contributed by atoms with Gasteiger partial charge in [0.15, 0.2) is 0 Å². The molecule has 2 fully saturated rings. The minimum Gasteiger partial charge on any atom is -0.508 e. The monoisotopic (exact) mass is 506 g/mol. The van der Waals surface area contributed by atoms with Crippen molar-refractivity contribution in [2.75, 3.05) is 7.11 Å². The van der Waals surface area contributed by atoms with Gasteiger partial charge in [-0.05, 0) is 91.7 Å². The second kappa shape index (κ2) is 11.4. The van der Waals surface area contributed by atoms with E-state index in [9.17, 15) is 14.7 Å². The number of carbonyl (C=O) groups is 2. The number of aryl methyl sites for hydroxylation is 1. The van der Waals surface area contributed by atoms with Crippen LogP contribution < -0.4 is 4.74 Å². The molecule has 6 heteroatoms. The van der Waals surface area contributed by atoms with Crippen LogP contribution in [0.1, 0.15) is 75.0 Å². The smallest absolute Gasteiger partial charge is 0.328 e. The SMILES string of the molecule is CCC(=O)OC1CCC2C3CCc4cc(O)ccc4C3CCC12C.COc1ccccc1C=CC(=O)O. The maximum Gasteiger partial charge on any atom is 0.328 e. The topological polar surface area (TPSA) is 93.1 Å². The molecule has 5 unspecified atom stereocenters. The Bertz CT molecular complexity index is 1150. The number of phenolic OH excluding ortho intramolecular Hbond substituents is 1. The van der Waals surface area contributed by atoms with E-state index in [1.54, 1.807) is 19.2 Å². The summed E-state index contributed by atoms with van der Waals surface area (Å²) >= 11 is 0. The molecule has 2 saturated carbocycles. The number of carboxylic acid groups (broad SMARTS) is 1. The number of benzene rings is 2. The number of carboxylic acids is 1. The molecule has 3 aliphatic carbocycles. The Morgan fingerprint density at radius 3 is 2.62 bits per heavy atom. The molecule has 0 bridgehead atoms. The van der Waals surface area contributed by atoms with E-state index in [-0.39, 0.29) is 17.5 Å². The Kier molecular flexibility index (Phi) is 8.25. The fourth-order valence-electron chi connectivity index (χ4n) is 6.92. The van der Waals surface area contributed by atoms with Gasteiger partial charge < -0.3 is 19.7 Å².